The second kappa shape index (κ2) is 7.04. The summed E-state index contributed by atoms with van der Waals surface area (Å²) in [6.45, 7) is 3.01. The maximum absolute atomic E-state index is 4.63. The zero-order valence-electron chi connectivity index (χ0n) is 12.3. The van der Waals surface area contributed by atoms with Gasteiger partial charge in [0.1, 0.15) is 0 Å². The van der Waals surface area contributed by atoms with Gasteiger partial charge in [-0.25, -0.2) is 0 Å². The molecule has 18 heavy (non-hydrogen) atoms. The van der Waals surface area contributed by atoms with Crippen molar-refractivity contribution in [3.63, 3.8) is 0 Å². The minimum Gasteiger partial charge on any atom is -0.349 e. The number of hydrogen-bond donors (Lipinski definition) is 0. The van der Waals surface area contributed by atoms with E-state index in [0.717, 1.165) is 25.3 Å². The molecule has 0 spiro atoms. The molecule has 3 nitrogen and oxygen atoms in total. The van der Waals surface area contributed by atoms with Crippen molar-refractivity contribution >= 4 is 5.96 Å². The highest BCUT2D eigenvalue weighted by molar-refractivity contribution is 5.79. The molecule has 0 heterocycles. The summed E-state index contributed by atoms with van der Waals surface area (Å²) in [7, 11) is 8.09. The van der Waals surface area contributed by atoms with Crippen molar-refractivity contribution in [3.8, 4) is 0 Å². The lowest BCUT2D eigenvalue weighted by Crippen LogP contribution is -2.35. The van der Waals surface area contributed by atoms with Crippen molar-refractivity contribution in [1.82, 2.24) is 9.80 Å². The van der Waals surface area contributed by atoms with Crippen LogP contribution in [-0.2, 0) is 12.8 Å². The lowest BCUT2D eigenvalue weighted by molar-refractivity contribution is 0.479. The van der Waals surface area contributed by atoms with Crippen LogP contribution in [0.4, 0.5) is 0 Å². The molecule has 0 saturated carbocycles. The molecule has 0 aliphatic carbocycles. The van der Waals surface area contributed by atoms with Crippen molar-refractivity contribution in [2.45, 2.75) is 19.8 Å². The molecule has 0 aromatic heterocycles. The average Bonchev–Trinajstić information content (AvgIpc) is 2.34. The van der Waals surface area contributed by atoms with Gasteiger partial charge >= 0.3 is 0 Å². The highest BCUT2D eigenvalue weighted by Gasteiger charge is 2.03. The molecule has 1 aromatic rings. The lowest BCUT2D eigenvalue weighted by Gasteiger charge is -2.22. The van der Waals surface area contributed by atoms with Crippen LogP contribution in [0, 0.1) is 0 Å². The van der Waals surface area contributed by atoms with E-state index in [1.165, 1.54) is 11.1 Å². The van der Waals surface area contributed by atoms with E-state index in [1.807, 2.05) is 38.0 Å². The summed E-state index contributed by atoms with van der Waals surface area (Å²) < 4.78 is 0. The number of guanidine groups is 1. The fourth-order valence-electron chi connectivity index (χ4n) is 1.91. The van der Waals surface area contributed by atoms with Gasteiger partial charge in [-0.15, -0.1) is 0 Å². The van der Waals surface area contributed by atoms with Crippen LogP contribution >= 0.6 is 0 Å². The maximum atomic E-state index is 4.63. The Bertz CT molecular complexity index is 367. The number of hydrogen-bond acceptors (Lipinski definition) is 1. The van der Waals surface area contributed by atoms with Gasteiger partial charge < -0.3 is 9.80 Å². The smallest absolute Gasteiger partial charge is 0.195 e. The monoisotopic (exact) mass is 247 g/mol. The third-order valence-corrected chi connectivity index (χ3v) is 2.88. The highest BCUT2D eigenvalue weighted by atomic mass is 15.3. The van der Waals surface area contributed by atoms with Crippen LogP contribution in [0.3, 0.4) is 0 Å². The molecule has 0 radical (unpaired) electrons. The molecule has 0 aliphatic rings. The maximum Gasteiger partial charge on any atom is 0.195 e. The van der Waals surface area contributed by atoms with Gasteiger partial charge in [-0.3, -0.25) is 4.99 Å². The van der Waals surface area contributed by atoms with Crippen molar-refractivity contribution in [3.05, 3.63) is 35.4 Å². The molecular weight excluding hydrogens is 222 g/mol. The van der Waals surface area contributed by atoms with Gasteiger partial charge in [0.15, 0.2) is 5.96 Å². The standard InChI is InChI=1S/C15H25N3/c1-6-13-7-9-14(10-8-13)11-12-16-15(17(2)3)18(4)5/h7-10H,6,11-12H2,1-5H3. The first-order chi connectivity index (χ1) is 8.54. The summed E-state index contributed by atoms with van der Waals surface area (Å²) in [5.41, 5.74) is 2.75. The number of aryl methyl sites for hydroxylation is 1. The van der Waals surface area contributed by atoms with E-state index in [-0.39, 0.29) is 0 Å². The van der Waals surface area contributed by atoms with E-state index >= 15 is 0 Å². The zero-order chi connectivity index (χ0) is 13.5. The quantitative estimate of drug-likeness (QED) is 0.600. The van der Waals surface area contributed by atoms with Crippen molar-refractivity contribution in [2.75, 3.05) is 34.7 Å². The lowest BCUT2D eigenvalue weighted by atomic mass is 10.1. The summed E-state index contributed by atoms with van der Waals surface area (Å²) in [5.74, 6) is 1.01. The molecule has 100 valence electrons. The average molecular weight is 247 g/mol. The fourth-order valence-corrected chi connectivity index (χ4v) is 1.91. The minimum atomic E-state index is 0.831. The Kier molecular flexibility index (Phi) is 5.69. The Morgan fingerprint density at radius 1 is 0.944 bits per heavy atom. The number of nitrogens with zero attached hydrogens (tertiary/aromatic N) is 3. The Balaban J connectivity index is 2.56. The molecule has 0 fully saturated rings. The van der Waals surface area contributed by atoms with E-state index < -0.39 is 0 Å². The topological polar surface area (TPSA) is 18.8 Å². The van der Waals surface area contributed by atoms with Crippen LogP contribution in [0.2, 0.25) is 0 Å². The third-order valence-electron chi connectivity index (χ3n) is 2.88. The van der Waals surface area contributed by atoms with Gasteiger partial charge in [0.25, 0.3) is 0 Å². The van der Waals surface area contributed by atoms with Crippen molar-refractivity contribution in [2.24, 2.45) is 4.99 Å². The Morgan fingerprint density at radius 2 is 1.44 bits per heavy atom. The summed E-state index contributed by atoms with van der Waals surface area (Å²) in [6, 6.07) is 8.83. The number of aliphatic imine (C=N–C) groups is 1. The van der Waals surface area contributed by atoms with E-state index in [1.54, 1.807) is 0 Å². The van der Waals surface area contributed by atoms with Crippen LogP contribution in [0.25, 0.3) is 0 Å². The van der Waals surface area contributed by atoms with Crippen molar-refractivity contribution < 1.29 is 0 Å². The first kappa shape index (κ1) is 14.6. The van der Waals surface area contributed by atoms with Crippen LogP contribution in [0.15, 0.2) is 29.3 Å². The zero-order valence-corrected chi connectivity index (χ0v) is 12.3. The molecule has 0 aliphatic heterocycles. The van der Waals surface area contributed by atoms with Crippen LogP contribution < -0.4 is 0 Å². The molecule has 3 heteroatoms. The number of rotatable bonds is 4. The molecular formula is C15H25N3. The fraction of sp³-hybridized carbons (Fsp3) is 0.533. The Morgan fingerprint density at radius 3 is 1.89 bits per heavy atom. The van der Waals surface area contributed by atoms with Crippen LogP contribution in [-0.4, -0.2) is 50.5 Å². The highest BCUT2D eigenvalue weighted by Crippen LogP contribution is 2.06. The third kappa shape index (κ3) is 4.40. The molecule has 1 aromatic carbocycles. The molecule has 1 rings (SSSR count). The summed E-state index contributed by atoms with van der Waals surface area (Å²) in [4.78, 5) is 8.71. The summed E-state index contributed by atoms with van der Waals surface area (Å²) in [5, 5.41) is 0. The predicted molar refractivity (Wildman–Crippen MR) is 79.2 cm³/mol. The van der Waals surface area contributed by atoms with Gasteiger partial charge in [0, 0.05) is 34.7 Å². The molecule has 0 bridgehead atoms. The SMILES string of the molecule is CCc1ccc(CCN=C(N(C)C)N(C)C)cc1. The van der Waals surface area contributed by atoms with E-state index in [9.17, 15) is 0 Å². The summed E-state index contributed by atoms with van der Waals surface area (Å²) >= 11 is 0. The van der Waals surface area contributed by atoms with E-state index in [0.29, 0.717) is 0 Å². The molecule has 0 N–H and O–H groups in total. The Hall–Kier alpha value is -1.51. The second-order valence-electron chi connectivity index (χ2n) is 4.89. The first-order valence-electron chi connectivity index (χ1n) is 6.51. The largest absolute Gasteiger partial charge is 0.349 e. The van der Waals surface area contributed by atoms with Gasteiger partial charge in [-0.2, -0.15) is 0 Å². The molecule has 0 unspecified atom stereocenters. The summed E-state index contributed by atoms with van der Waals surface area (Å²) in [6.07, 6.45) is 2.10. The van der Waals surface area contributed by atoms with Crippen molar-refractivity contribution in [1.29, 1.82) is 0 Å². The molecule has 0 saturated heterocycles. The van der Waals surface area contributed by atoms with Gasteiger partial charge in [-0.05, 0) is 24.0 Å². The normalized spacial score (nSPS) is 10.1. The minimum absolute atomic E-state index is 0.831. The van der Waals surface area contributed by atoms with Gasteiger partial charge in [0.2, 0.25) is 0 Å². The molecule has 0 amide bonds. The molecule has 0 atom stereocenters. The van der Waals surface area contributed by atoms with Crippen LogP contribution in [0.1, 0.15) is 18.1 Å². The van der Waals surface area contributed by atoms with Gasteiger partial charge in [-0.1, -0.05) is 31.2 Å². The van der Waals surface area contributed by atoms with Gasteiger partial charge in [0.05, 0.1) is 0 Å². The van der Waals surface area contributed by atoms with E-state index in [2.05, 4.69) is 36.2 Å². The van der Waals surface area contributed by atoms with Crippen LogP contribution in [0.5, 0.6) is 0 Å². The number of benzene rings is 1. The second-order valence-corrected chi connectivity index (χ2v) is 4.89. The first-order valence-corrected chi connectivity index (χ1v) is 6.51. The van der Waals surface area contributed by atoms with E-state index in [4.69, 9.17) is 0 Å². The predicted octanol–water partition coefficient (Wildman–Crippen LogP) is 2.27. The Labute approximate surface area is 111 Å².